The molecule has 2 heterocycles. The lowest BCUT2D eigenvalue weighted by atomic mass is 10.2. The Bertz CT molecular complexity index is 1010. The molecule has 1 aromatic heterocycles. The third-order valence-electron chi connectivity index (χ3n) is 4.50. The van der Waals surface area contributed by atoms with E-state index in [-0.39, 0.29) is 59.2 Å². The number of sulfonamides is 1. The molecule has 11 heteroatoms. The number of esters is 1. The van der Waals surface area contributed by atoms with E-state index < -0.39 is 16.0 Å². The lowest BCUT2D eigenvalue weighted by Gasteiger charge is -2.34. The van der Waals surface area contributed by atoms with Gasteiger partial charge in [-0.25, -0.2) is 13.2 Å². The van der Waals surface area contributed by atoms with Crippen LogP contribution in [0.25, 0.3) is 0 Å². The number of carbonyl (C=O) groups is 1. The van der Waals surface area contributed by atoms with E-state index in [2.05, 4.69) is 10.1 Å². The topological polar surface area (TPSA) is 112 Å². The number of aromatic nitrogens is 2. The first-order valence-corrected chi connectivity index (χ1v) is 11.3. The van der Waals surface area contributed by atoms with Crippen LogP contribution in [0, 0.1) is 0 Å². The summed E-state index contributed by atoms with van der Waals surface area (Å²) in [7, 11) is -3.92. The molecule has 2 aromatic rings. The number of nitrogens with zero attached hydrogens (tertiary/aromatic N) is 3. The lowest BCUT2D eigenvalue weighted by Crippen LogP contribution is -2.48. The zero-order valence-corrected chi connectivity index (χ0v) is 18.7. The maximum absolute atomic E-state index is 13.1. The Kier molecular flexibility index (Phi) is 6.81. The van der Waals surface area contributed by atoms with E-state index in [0.29, 0.717) is 5.82 Å². The number of carbonyl (C=O) groups excluding carboxylic acids is 1. The van der Waals surface area contributed by atoms with Gasteiger partial charge in [0.15, 0.2) is 12.4 Å². The van der Waals surface area contributed by atoms with Gasteiger partial charge in [0.1, 0.15) is 4.90 Å². The Hall–Kier alpha value is -2.01. The third-order valence-corrected chi connectivity index (χ3v) is 6.81. The van der Waals surface area contributed by atoms with Gasteiger partial charge in [-0.05, 0) is 32.0 Å². The summed E-state index contributed by atoms with van der Waals surface area (Å²) in [4.78, 5) is 16.4. The number of rotatable bonds is 6. The van der Waals surface area contributed by atoms with Crippen molar-refractivity contribution in [3.8, 4) is 0 Å². The van der Waals surface area contributed by atoms with Crippen LogP contribution in [-0.4, -0.2) is 54.1 Å². The molecule has 30 heavy (non-hydrogen) atoms. The smallest absolute Gasteiger partial charge is 0.338 e. The fourth-order valence-electron chi connectivity index (χ4n) is 3.07. The zero-order chi connectivity index (χ0) is 22.1. The summed E-state index contributed by atoms with van der Waals surface area (Å²) in [6, 6.07) is 3.99. The van der Waals surface area contributed by atoms with E-state index in [1.54, 1.807) is 13.8 Å². The maximum Gasteiger partial charge on any atom is 0.338 e. The van der Waals surface area contributed by atoms with E-state index in [0.717, 1.165) is 0 Å². The monoisotopic (exact) mass is 457 g/mol. The summed E-state index contributed by atoms with van der Waals surface area (Å²) < 4.78 is 43.4. The molecule has 2 unspecified atom stereocenters. The van der Waals surface area contributed by atoms with Crippen molar-refractivity contribution in [1.82, 2.24) is 14.4 Å². The van der Waals surface area contributed by atoms with Crippen molar-refractivity contribution in [2.45, 2.75) is 57.3 Å². The van der Waals surface area contributed by atoms with Gasteiger partial charge in [-0.15, -0.1) is 0 Å². The summed E-state index contributed by atoms with van der Waals surface area (Å²) in [6.45, 7) is 7.60. The first-order chi connectivity index (χ1) is 14.1. The molecule has 0 spiro atoms. The van der Waals surface area contributed by atoms with Crippen LogP contribution in [-0.2, 0) is 26.1 Å². The Labute approximate surface area is 180 Å². The molecule has 0 radical (unpaired) electrons. The van der Waals surface area contributed by atoms with Gasteiger partial charge in [0, 0.05) is 19.0 Å². The highest BCUT2D eigenvalue weighted by Crippen LogP contribution is 2.28. The van der Waals surface area contributed by atoms with Gasteiger partial charge >= 0.3 is 5.97 Å². The van der Waals surface area contributed by atoms with E-state index >= 15 is 0 Å². The number of morpholine rings is 1. The second-order valence-corrected chi connectivity index (χ2v) is 9.82. The molecule has 1 fully saturated rings. The van der Waals surface area contributed by atoms with Crippen molar-refractivity contribution in [3.05, 3.63) is 40.5 Å². The van der Waals surface area contributed by atoms with Crippen molar-refractivity contribution < 1.29 is 27.2 Å². The molecule has 9 nitrogen and oxygen atoms in total. The van der Waals surface area contributed by atoms with E-state index in [1.807, 2.05) is 13.8 Å². The number of ether oxygens (including phenoxy) is 2. The van der Waals surface area contributed by atoms with Crippen molar-refractivity contribution in [1.29, 1.82) is 0 Å². The van der Waals surface area contributed by atoms with Crippen LogP contribution in [0.3, 0.4) is 0 Å². The first-order valence-electron chi connectivity index (χ1n) is 9.52. The molecule has 2 atom stereocenters. The predicted octanol–water partition coefficient (Wildman–Crippen LogP) is 3.00. The molecule has 0 aliphatic carbocycles. The van der Waals surface area contributed by atoms with Crippen LogP contribution in [0.5, 0.6) is 0 Å². The summed E-state index contributed by atoms with van der Waals surface area (Å²) in [5.74, 6) is 0.0176. The van der Waals surface area contributed by atoms with Gasteiger partial charge in [0.05, 0.1) is 22.8 Å². The Morgan fingerprint density at radius 1 is 1.30 bits per heavy atom. The second-order valence-electron chi connectivity index (χ2n) is 7.50. The van der Waals surface area contributed by atoms with Crippen molar-refractivity contribution in [3.63, 3.8) is 0 Å². The molecule has 1 aliphatic rings. The van der Waals surface area contributed by atoms with Gasteiger partial charge in [-0.2, -0.15) is 9.29 Å². The molecule has 0 N–H and O–H groups in total. The molecular weight excluding hydrogens is 434 g/mol. The second kappa shape index (κ2) is 9.01. The summed E-state index contributed by atoms with van der Waals surface area (Å²) in [5.41, 5.74) is 0.0518. The average Bonchev–Trinajstić information content (AvgIpc) is 3.15. The summed E-state index contributed by atoms with van der Waals surface area (Å²) >= 11 is 6.16. The standard InChI is InChI=1S/C19H24ClN3O6S/c1-11(2)18-21-17(29-22-18)10-27-19(24)14-5-6-15(20)16(7-14)30(25,26)23-8-12(3)28-13(4)9-23/h5-7,11-13H,8-10H2,1-4H3. The number of hydrogen-bond acceptors (Lipinski definition) is 8. The van der Waals surface area contributed by atoms with E-state index in [1.165, 1.54) is 22.5 Å². The van der Waals surface area contributed by atoms with Crippen molar-refractivity contribution >= 4 is 27.6 Å². The SMILES string of the molecule is CC1CN(S(=O)(=O)c2cc(C(=O)OCc3nc(C(C)C)no3)ccc2Cl)CC(C)O1. The van der Waals surface area contributed by atoms with Crippen molar-refractivity contribution in [2.75, 3.05) is 13.1 Å². The van der Waals surface area contributed by atoms with Crippen LogP contribution in [0.4, 0.5) is 0 Å². The van der Waals surface area contributed by atoms with Gasteiger partial charge in [-0.3, -0.25) is 0 Å². The Morgan fingerprint density at radius 3 is 2.57 bits per heavy atom. The first kappa shape index (κ1) is 22.7. The normalized spacial score (nSPS) is 20.5. The molecule has 0 saturated carbocycles. The van der Waals surface area contributed by atoms with Crippen molar-refractivity contribution in [2.24, 2.45) is 0 Å². The Morgan fingerprint density at radius 2 is 1.97 bits per heavy atom. The van der Waals surface area contributed by atoms with Crippen LogP contribution in [0.2, 0.25) is 5.02 Å². The zero-order valence-electron chi connectivity index (χ0n) is 17.2. The average molecular weight is 458 g/mol. The van der Waals surface area contributed by atoms with Crippen LogP contribution in [0.15, 0.2) is 27.6 Å². The highest BCUT2D eigenvalue weighted by molar-refractivity contribution is 7.89. The fourth-order valence-corrected chi connectivity index (χ4v) is 5.16. The molecule has 0 amide bonds. The molecule has 0 bridgehead atoms. The maximum atomic E-state index is 13.1. The summed E-state index contributed by atoms with van der Waals surface area (Å²) in [6.07, 6.45) is -0.499. The molecule has 1 aliphatic heterocycles. The number of halogens is 1. The minimum Gasteiger partial charge on any atom is -0.452 e. The third kappa shape index (κ3) is 5.00. The van der Waals surface area contributed by atoms with E-state index in [4.69, 9.17) is 25.6 Å². The van der Waals surface area contributed by atoms with Crippen LogP contribution in [0.1, 0.15) is 55.7 Å². The minimum atomic E-state index is -3.92. The van der Waals surface area contributed by atoms with Gasteiger partial charge < -0.3 is 14.0 Å². The van der Waals surface area contributed by atoms with Crippen LogP contribution < -0.4 is 0 Å². The summed E-state index contributed by atoms with van der Waals surface area (Å²) in [5, 5.41) is 3.82. The fraction of sp³-hybridized carbons (Fsp3) is 0.526. The highest BCUT2D eigenvalue weighted by atomic mass is 35.5. The molecule has 164 valence electrons. The number of hydrogen-bond donors (Lipinski definition) is 0. The largest absolute Gasteiger partial charge is 0.452 e. The highest BCUT2D eigenvalue weighted by Gasteiger charge is 2.34. The van der Waals surface area contributed by atoms with Gasteiger partial charge in [0.25, 0.3) is 5.89 Å². The van der Waals surface area contributed by atoms with Gasteiger partial charge in [-0.1, -0.05) is 30.6 Å². The molecule has 3 rings (SSSR count). The molecular formula is C19H24ClN3O6S. The minimum absolute atomic E-state index is 0.0248. The quantitative estimate of drug-likeness (QED) is 0.608. The van der Waals surface area contributed by atoms with E-state index in [9.17, 15) is 13.2 Å². The van der Waals surface area contributed by atoms with Gasteiger partial charge in [0.2, 0.25) is 10.0 Å². The Balaban J connectivity index is 1.77. The lowest BCUT2D eigenvalue weighted by molar-refractivity contribution is -0.0440. The molecule has 1 saturated heterocycles. The number of benzene rings is 1. The van der Waals surface area contributed by atoms with Crippen LogP contribution >= 0.6 is 11.6 Å². The predicted molar refractivity (Wildman–Crippen MR) is 108 cm³/mol. The molecule has 1 aromatic carbocycles.